The van der Waals surface area contributed by atoms with E-state index < -0.39 is 6.10 Å². The molecule has 0 saturated carbocycles. The Morgan fingerprint density at radius 3 is 2.50 bits per heavy atom. The topological polar surface area (TPSA) is 77.7 Å². The highest BCUT2D eigenvalue weighted by Gasteiger charge is 2.26. The van der Waals surface area contributed by atoms with E-state index in [1.54, 1.807) is 43.2 Å². The van der Waals surface area contributed by atoms with Crippen molar-refractivity contribution < 1.29 is 18.8 Å². The Morgan fingerprint density at radius 2 is 1.87 bits per heavy atom. The minimum atomic E-state index is -0.699. The van der Waals surface area contributed by atoms with Crippen LogP contribution in [-0.4, -0.2) is 40.2 Å². The third-order valence-corrected chi connectivity index (χ3v) is 4.72. The van der Waals surface area contributed by atoms with Gasteiger partial charge in [0, 0.05) is 16.6 Å². The molecule has 0 N–H and O–H groups in total. The van der Waals surface area contributed by atoms with Crippen molar-refractivity contribution in [1.82, 2.24) is 15.0 Å². The van der Waals surface area contributed by atoms with Gasteiger partial charge in [-0.3, -0.25) is 4.79 Å². The fourth-order valence-electron chi connectivity index (χ4n) is 2.87. The second kappa shape index (κ2) is 9.63. The second-order valence-electron chi connectivity index (χ2n) is 7.02. The Labute approximate surface area is 180 Å². The van der Waals surface area contributed by atoms with Gasteiger partial charge in [0.1, 0.15) is 18.0 Å². The number of rotatable bonds is 8. The molecular weight excluding hydrogens is 406 g/mol. The smallest absolute Gasteiger partial charge is 0.264 e. The van der Waals surface area contributed by atoms with Gasteiger partial charge in [0.05, 0.1) is 7.11 Å². The van der Waals surface area contributed by atoms with E-state index in [2.05, 4.69) is 10.1 Å². The number of hydrogen-bond acceptors (Lipinski definition) is 6. The van der Waals surface area contributed by atoms with Crippen LogP contribution in [0, 0.1) is 0 Å². The highest BCUT2D eigenvalue weighted by Crippen LogP contribution is 2.22. The standard InChI is InChI=1S/C22H24ClN3O4/c1-14(2)26(22(27)15(3)29-19-7-5-6-17(23)12-19)13-20-24-21(25-30-20)16-8-10-18(28-4)11-9-16/h5-12,14-15H,13H2,1-4H3/t15-/m1/s1. The van der Waals surface area contributed by atoms with E-state index in [1.807, 2.05) is 38.1 Å². The Balaban J connectivity index is 1.70. The molecule has 1 aromatic heterocycles. The summed E-state index contributed by atoms with van der Waals surface area (Å²) in [5, 5.41) is 4.57. The molecule has 7 nitrogen and oxygen atoms in total. The first-order valence-electron chi connectivity index (χ1n) is 9.57. The van der Waals surface area contributed by atoms with Gasteiger partial charge >= 0.3 is 0 Å². The predicted molar refractivity (Wildman–Crippen MR) is 114 cm³/mol. The van der Waals surface area contributed by atoms with Gasteiger partial charge < -0.3 is 18.9 Å². The van der Waals surface area contributed by atoms with Crippen molar-refractivity contribution in [3.8, 4) is 22.9 Å². The first-order chi connectivity index (χ1) is 14.4. The van der Waals surface area contributed by atoms with Gasteiger partial charge in [0.25, 0.3) is 5.91 Å². The number of hydrogen-bond donors (Lipinski definition) is 0. The molecule has 1 atom stereocenters. The number of nitrogens with zero attached hydrogens (tertiary/aromatic N) is 3. The third kappa shape index (κ3) is 5.30. The van der Waals surface area contributed by atoms with Crippen LogP contribution in [0.5, 0.6) is 11.5 Å². The number of benzene rings is 2. The molecule has 1 heterocycles. The second-order valence-corrected chi connectivity index (χ2v) is 7.45. The maximum atomic E-state index is 13.0. The number of amides is 1. The molecule has 0 saturated heterocycles. The lowest BCUT2D eigenvalue weighted by molar-refractivity contribution is -0.140. The van der Waals surface area contributed by atoms with Crippen molar-refractivity contribution in [3.05, 3.63) is 59.4 Å². The van der Waals surface area contributed by atoms with Gasteiger partial charge in [0.2, 0.25) is 11.7 Å². The van der Waals surface area contributed by atoms with Gasteiger partial charge in [-0.05, 0) is 63.2 Å². The van der Waals surface area contributed by atoms with E-state index in [0.29, 0.717) is 22.5 Å². The average Bonchev–Trinajstić information content (AvgIpc) is 3.20. The summed E-state index contributed by atoms with van der Waals surface area (Å²) < 4.78 is 16.3. The number of carbonyl (C=O) groups is 1. The summed E-state index contributed by atoms with van der Waals surface area (Å²) in [5.41, 5.74) is 0.797. The van der Waals surface area contributed by atoms with E-state index >= 15 is 0 Å². The molecule has 0 aliphatic carbocycles. The summed E-state index contributed by atoms with van der Waals surface area (Å²) in [6.07, 6.45) is -0.699. The van der Waals surface area contributed by atoms with Gasteiger partial charge in [-0.2, -0.15) is 4.98 Å². The Hall–Kier alpha value is -3.06. The van der Waals surface area contributed by atoms with Gasteiger partial charge in [0.15, 0.2) is 6.10 Å². The van der Waals surface area contributed by atoms with Crippen molar-refractivity contribution >= 4 is 17.5 Å². The zero-order valence-electron chi connectivity index (χ0n) is 17.3. The fraction of sp³-hybridized carbons (Fsp3) is 0.318. The molecule has 0 spiro atoms. The fourth-order valence-corrected chi connectivity index (χ4v) is 3.05. The van der Waals surface area contributed by atoms with Crippen molar-refractivity contribution in [2.24, 2.45) is 0 Å². The largest absolute Gasteiger partial charge is 0.497 e. The van der Waals surface area contributed by atoms with Crippen LogP contribution in [0.25, 0.3) is 11.4 Å². The molecule has 2 aromatic carbocycles. The lowest BCUT2D eigenvalue weighted by Crippen LogP contribution is -2.43. The molecular formula is C22H24ClN3O4. The molecule has 8 heteroatoms. The monoisotopic (exact) mass is 429 g/mol. The first-order valence-corrected chi connectivity index (χ1v) is 9.95. The molecule has 158 valence electrons. The summed E-state index contributed by atoms with van der Waals surface area (Å²) in [6.45, 7) is 5.73. The zero-order valence-corrected chi connectivity index (χ0v) is 18.1. The summed E-state index contributed by atoms with van der Waals surface area (Å²) in [4.78, 5) is 19.1. The van der Waals surface area contributed by atoms with E-state index in [1.165, 1.54) is 0 Å². The summed E-state index contributed by atoms with van der Waals surface area (Å²) in [5.74, 6) is 1.89. The summed E-state index contributed by atoms with van der Waals surface area (Å²) >= 11 is 5.99. The average molecular weight is 430 g/mol. The number of methoxy groups -OCH3 is 1. The molecule has 0 fully saturated rings. The van der Waals surface area contributed by atoms with Crippen molar-refractivity contribution in [2.45, 2.75) is 39.5 Å². The zero-order chi connectivity index (χ0) is 21.7. The number of ether oxygens (including phenoxy) is 2. The minimum absolute atomic E-state index is 0.0840. The van der Waals surface area contributed by atoms with E-state index in [0.717, 1.165) is 11.3 Å². The predicted octanol–water partition coefficient (Wildman–Crippen LogP) is 4.60. The Kier molecular flexibility index (Phi) is 6.95. The highest BCUT2D eigenvalue weighted by molar-refractivity contribution is 6.30. The molecule has 0 bridgehead atoms. The Morgan fingerprint density at radius 1 is 1.13 bits per heavy atom. The van der Waals surface area contributed by atoms with Crippen LogP contribution in [-0.2, 0) is 11.3 Å². The van der Waals surface area contributed by atoms with Gasteiger partial charge in [-0.1, -0.05) is 22.8 Å². The van der Waals surface area contributed by atoms with Crippen LogP contribution < -0.4 is 9.47 Å². The van der Waals surface area contributed by atoms with Crippen molar-refractivity contribution in [1.29, 1.82) is 0 Å². The normalized spacial score (nSPS) is 11.9. The molecule has 0 radical (unpaired) electrons. The van der Waals surface area contributed by atoms with Crippen LogP contribution in [0.15, 0.2) is 53.1 Å². The van der Waals surface area contributed by atoms with E-state index in [-0.39, 0.29) is 18.5 Å². The van der Waals surface area contributed by atoms with Crippen LogP contribution in [0.2, 0.25) is 5.02 Å². The lowest BCUT2D eigenvalue weighted by atomic mass is 10.2. The summed E-state index contributed by atoms with van der Waals surface area (Å²) in [7, 11) is 1.61. The minimum Gasteiger partial charge on any atom is -0.497 e. The van der Waals surface area contributed by atoms with Crippen molar-refractivity contribution in [3.63, 3.8) is 0 Å². The molecule has 3 aromatic rings. The lowest BCUT2D eigenvalue weighted by Gasteiger charge is -2.28. The first kappa shape index (κ1) is 21.6. The molecule has 0 unspecified atom stereocenters. The molecule has 0 aliphatic heterocycles. The van der Waals surface area contributed by atoms with Crippen LogP contribution in [0.3, 0.4) is 0 Å². The highest BCUT2D eigenvalue weighted by atomic mass is 35.5. The molecule has 0 aliphatic rings. The molecule has 3 rings (SSSR count). The van der Waals surface area contributed by atoms with E-state index in [9.17, 15) is 4.79 Å². The number of aromatic nitrogens is 2. The van der Waals surface area contributed by atoms with Gasteiger partial charge in [-0.15, -0.1) is 0 Å². The van der Waals surface area contributed by atoms with Crippen LogP contribution in [0.4, 0.5) is 0 Å². The maximum Gasteiger partial charge on any atom is 0.264 e. The van der Waals surface area contributed by atoms with Crippen molar-refractivity contribution in [2.75, 3.05) is 7.11 Å². The third-order valence-electron chi connectivity index (χ3n) is 4.49. The number of halogens is 1. The molecule has 1 amide bonds. The van der Waals surface area contributed by atoms with Gasteiger partial charge in [-0.25, -0.2) is 0 Å². The quantitative estimate of drug-likeness (QED) is 0.520. The van der Waals surface area contributed by atoms with Crippen LogP contribution >= 0.6 is 11.6 Å². The molecule has 30 heavy (non-hydrogen) atoms. The van der Waals surface area contributed by atoms with Crippen LogP contribution in [0.1, 0.15) is 26.7 Å². The van der Waals surface area contributed by atoms with E-state index in [4.69, 9.17) is 25.6 Å². The SMILES string of the molecule is COc1ccc(-c2noc(CN(C(=O)[C@@H](C)Oc3cccc(Cl)c3)C(C)C)n2)cc1. The Bertz CT molecular complexity index is 988. The summed E-state index contributed by atoms with van der Waals surface area (Å²) in [6, 6.07) is 14.2. The maximum absolute atomic E-state index is 13.0. The number of carbonyl (C=O) groups excluding carboxylic acids is 1.